The first kappa shape index (κ1) is 35.7. The standard InChI is InChI=1S/C23H22N22O4/c1-3-48-18-10-8-16(22(46)12-18)14-25-20-6-4-5-7-21(20)26-15-17-9-11-19(13-23(17)47)49-45-44-43-42-41-40-39-38-37-36-35-34-33-32-31-30-29-28-27-24-2/h4-15,46-47H,3H2,1-2H3/b25-14+,26-15+,27-24?,29-28?,31-30?,33-32?,35-34?,37-36?,39-38?,41-40?,43-42?,45-44?. The van der Waals surface area contributed by atoms with Gasteiger partial charge in [-0.1, -0.05) is 12.1 Å². The highest BCUT2D eigenvalue weighted by molar-refractivity contribution is 5.89. The molecule has 0 unspecified atom stereocenters. The maximum atomic E-state index is 10.4. The maximum Gasteiger partial charge on any atom is 0.163 e. The second-order valence-electron chi connectivity index (χ2n) is 7.86. The largest absolute Gasteiger partial charge is 0.507 e. The van der Waals surface area contributed by atoms with Crippen LogP contribution in [0.1, 0.15) is 18.1 Å². The first-order chi connectivity index (χ1) is 24.1. The molecule has 0 aliphatic rings. The van der Waals surface area contributed by atoms with Crippen molar-refractivity contribution in [3.63, 3.8) is 0 Å². The van der Waals surface area contributed by atoms with Crippen molar-refractivity contribution in [2.45, 2.75) is 6.92 Å². The summed E-state index contributed by atoms with van der Waals surface area (Å²) in [6, 6.07) is 16.4. The molecule has 248 valence electrons. The number of benzene rings is 3. The molecule has 3 aromatic rings. The van der Waals surface area contributed by atoms with Crippen molar-refractivity contribution in [3.05, 3.63) is 71.8 Å². The van der Waals surface area contributed by atoms with Crippen LogP contribution in [0, 0.1) is 0 Å². The van der Waals surface area contributed by atoms with Crippen molar-refractivity contribution in [1.82, 2.24) is 0 Å². The number of para-hydroxylation sites is 2. The van der Waals surface area contributed by atoms with Gasteiger partial charge in [0.05, 0.1) is 30.3 Å². The Kier molecular flexibility index (Phi) is 15.9. The van der Waals surface area contributed by atoms with Gasteiger partial charge < -0.3 is 19.8 Å². The van der Waals surface area contributed by atoms with E-state index in [1.165, 1.54) is 37.7 Å². The summed E-state index contributed by atoms with van der Waals surface area (Å²) in [5, 5.41) is 82.9. The third kappa shape index (κ3) is 14.2. The van der Waals surface area contributed by atoms with E-state index in [1.807, 2.05) is 6.92 Å². The average molecular weight is 671 g/mol. The SMILES string of the molecule is CCOc1ccc(/C=N/c2ccccc2/N=C/c2ccc(ON=NN=NN=NN=NN=NN=NN=NN=NN=NN=NC)cc2O)c(O)c1. The molecule has 0 atom stereocenters. The number of aromatic hydroxyl groups is 2. The number of ether oxygens (including phenoxy) is 1. The molecule has 49 heavy (non-hydrogen) atoms. The first-order valence-corrected chi connectivity index (χ1v) is 13.1. The second kappa shape index (κ2) is 21.8. The van der Waals surface area contributed by atoms with Gasteiger partial charge in [-0.3, -0.25) is 9.98 Å². The van der Waals surface area contributed by atoms with E-state index in [9.17, 15) is 10.2 Å². The zero-order valence-electron chi connectivity index (χ0n) is 25.2. The molecule has 0 fully saturated rings. The van der Waals surface area contributed by atoms with E-state index in [4.69, 9.17) is 9.57 Å². The molecule has 0 heterocycles. The highest BCUT2D eigenvalue weighted by Crippen LogP contribution is 2.30. The van der Waals surface area contributed by atoms with Crippen LogP contribution in [0.4, 0.5) is 11.4 Å². The van der Waals surface area contributed by atoms with Gasteiger partial charge in [0, 0.05) is 87.9 Å². The van der Waals surface area contributed by atoms with Crippen LogP contribution >= 0.6 is 0 Å². The fraction of sp³-hybridized carbons (Fsp3) is 0.130. The van der Waals surface area contributed by atoms with E-state index in [0.29, 0.717) is 34.9 Å². The molecule has 2 N–H and O–H groups in total. The third-order valence-electron chi connectivity index (χ3n) is 4.83. The van der Waals surface area contributed by atoms with Gasteiger partial charge in [-0.05, 0) is 85.1 Å². The number of nitrogens with zero attached hydrogens (tertiary/aromatic N) is 22. The van der Waals surface area contributed by atoms with Crippen LogP contribution in [-0.4, -0.2) is 36.3 Å². The van der Waals surface area contributed by atoms with Gasteiger partial charge in [0.1, 0.15) is 17.2 Å². The molecule has 3 rings (SSSR count). The summed E-state index contributed by atoms with van der Waals surface area (Å²) < 4.78 is 5.38. The van der Waals surface area contributed by atoms with Crippen LogP contribution in [0.5, 0.6) is 23.0 Å². The summed E-state index contributed by atoms with van der Waals surface area (Å²) in [5.41, 5.74) is 1.95. The lowest BCUT2D eigenvalue weighted by molar-refractivity contribution is 0.302. The highest BCUT2D eigenvalue weighted by atomic mass is 16.6. The van der Waals surface area contributed by atoms with Crippen molar-refractivity contribution < 1.29 is 19.8 Å². The Morgan fingerprint density at radius 3 is 1.37 bits per heavy atom. The van der Waals surface area contributed by atoms with Crippen LogP contribution in [0.2, 0.25) is 0 Å². The summed E-state index contributed by atoms with van der Waals surface area (Å²) in [4.78, 5) is 13.9. The van der Waals surface area contributed by atoms with Gasteiger partial charge in [0.2, 0.25) is 0 Å². The molecule has 26 heteroatoms. The number of aliphatic imine (C=N–C) groups is 2. The molecule has 0 saturated carbocycles. The summed E-state index contributed by atoms with van der Waals surface area (Å²) in [5.74, 6) is 0.573. The lowest BCUT2D eigenvalue weighted by Gasteiger charge is -2.05. The molecule has 0 aromatic heterocycles. The van der Waals surface area contributed by atoms with E-state index in [1.54, 1.807) is 42.5 Å². The van der Waals surface area contributed by atoms with Crippen molar-refractivity contribution in [2.24, 2.45) is 114 Å². The monoisotopic (exact) mass is 670 g/mol. The predicted molar refractivity (Wildman–Crippen MR) is 163 cm³/mol. The minimum absolute atomic E-state index is 0.0294. The Labute approximate surface area is 273 Å². The number of hydrogen-bond acceptors (Lipinski definition) is 8. The molecule has 0 saturated heterocycles. The van der Waals surface area contributed by atoms with Crippen LogP contribution in [0.25, 0.3) is 0 Å². The Bertz CT molecular complexity index is 1860. The Balaban J connectivity index is 1.45. The van der Waals surface area contributed by atoms with Crippen molar-refractivity contribution in [2.75, 3.05) is 13.7 Å². The van der Waals surface area contributed by atoms with Gasteiger partial charge in [-0.25, -0.2) is 0 Å². The molecule has 0 bridgehead atoms. The van der Waals surface area contributed by atoms with E-state index in [0.717, 1.165) is 0 Å². The predicted octanol–water partition coefficient (Wildman–Crippen LogP) is 8.68. The zero-order chi connectivity index (χ0) is 34.8. The number of phenols is 2. The first-order valence-electron chi connectivity index (χ1n) is 13.1. The maximum absolute atomic E-state index is 10.4. The van der Waals surface area contributed by atoms with Crippen LogP contribution in [0.15, 0.2) is 175 Å². The fourth-order valence-electron chi connectivity index (χ4n) is 2.95. The highest BCUT2D eigenvalue weighted by Gasteiger charge is 2.05. The fourth-order valence-corrected chi connectivity index (χ4v) is 2.95. The van der Waals surface area contributed by atoms with E-state index in [2.05, 4.69) is 114 Å². The van der Waals surface area contributed by atoms with Gasteiger partial charge in [0.25, 0.3) is 0 Å². The summed E-state index contributed by atoms with van der Waals surface area (Å²) in [6.45, 7) is 2.34. The molecule has 0 spiro atoms. The van der Waals surface area contributed by atoms with Crippen LogP contribution in [0.3, 0.4) is 0 Å². The molecular weight excluding hydrogens is 648 g/mol. The van der Waals surface area contributed by atoms with Crippen molar-refractivity contribution in [1.29, 1.82) is 0 Å². The summed E-state index contributed by atoms with van der Waals surface area (Å²) in [7, 11) is 1.39. The molecular formula is C23H22N22O4. The number of hydrogen-bond donors (Lipinski definition) is 2. The summed E-state index contributed by atoms with van der Waals surface area (Å²) in [6.07, 6.45) is 2.97. The van der Waals surface area contributed by atoms with Gasteiger partial charge in [0.15, 0.2) is 5.75 Å². The smallest absolute Gasteiger partial charge is 0.163 e. The van der Waals surface area contributed by atoms with Crippen molar-refractivity contribution in [3.8, 4) is 23.0 Å². The molecule has 0 aliphatic carbocycles. The van der Waals surface area contributed by atoms with Gasteiger partial charge in [-0.15, -0.1) is 0 Å². The Morgan fingerprint density at radius 1 is 0.531 bits per heavy atom. The lowest BCUT2D eigenvalue weighted by Crippen LogP contribution is -1.92. The molecule has 3 aromatic carbocycles. The van der Waals surface area contributed by atoms with Gasteiger partial charge in [-0.2, -0.15) is 5.11 Å². The minimum atomic E-state index is -0.151. The molecule has 26 nitrogen and oxygen atoms in total. The van der Waals surface area contributed by atoms with E-state index >= 15 is 0 Å². The quantitative estimate of drug-likeness (QED) is 0.0807. The van der Waals surface area contributed by atoms with Crippen LogP contribution in [-0.2, 0) is 0 Å². The topological polar surface area (TPSA) is 331 Å². The van der Waals surface area contributed by atoms with E-state index < -0.39 is 0 Å². The normalized spacial score (nSPS) is 13.2. The molecule has 0 amide bonds. The number of phenolic OH excluding ortho intramolecular Hbond substituents is 2. The minimum Gasteiger partial charge on any atom is -0.507 e. The number of rotatable bonds is 17. The Hall–Kier alpha value is -7.80. The van der Waals surface area contributed by atoms with E-state index in [-0.39, 0.29) is 17.2 Å². The van der Waals surface area contributed by atoms with Crippen LogP contribution < -0.4 is 9.57 Å². The van der Waals surface area contributed by atoms with Gasteiger partial charge >= 0.3 is 0 Å². The third-order valence-corrected chi connectivity index (χ3v) is 4.83. The second-order valence-corrected chi connectivity index (χ2v) is 7.86. The molecule has 0 radical (unpaired) electrons. The van der Waals surface area contributed by atoms with Crippen molar-refractivity contribution >= 4 is 23.8 Å². The molecule has 0 aliphatic heterocycles. The lowest BCUT2D eigenvalue weighted by atomic mass is 10.2. The summed E-state index contributed by atoms with van der Waals surface area (Å²) >= 11 is 0. The average Bonchev–Trinajstić information content (AvgIpc) is 3.10. The zero-order valence-corrected chi connectivity index (χ0v) is 25.2. The Morgan fingerprint density at radius 2 is 0.939 bits per heavy atom.